The molecule has 0 N–H and O–H groups in total. The lowest BCUT2D eigenvalue weighted by Gasteiger charge is -2.15. The zero-order valence-electron chi connectivity index (χ0n) is 9.51. The number of thioether (sulfide) groups is 1. The van der Waals surface area contributed by atoms with E-state index in [2.05, 4.69) is 0 Å². The number of carbonyl (C=O) groups is 1. The monoisotopic (exact) mass is 240 g/mol. The average Bonchev–Trinajstić information content (AvgIpc) is 2.27. The molecule has 88 valence electrons. The van der Waals surface area contributed by atoms with Gasteiger partial charge in [-0.2, -0.15) is 0 Å². The Morgan fingerprint density at radius 3 is 2.62 bits per heavy atom. The molecule has 0 aliphatic heterocycles. The number of rotatable bonds is 6. The summed E-state index contributed by atoms with van der Waals surface area (Å²) >= 11 is 1.65. The summed E-state index contributed by atoms with van der Waals surface area (Å²) in [5.74, 6) is 0.438. The summed E-state index contributed by atoms with van der Waals surface area (Å²) in [5.41, 5.74) is 0. The van der Waals surface area contributed by atoms with Crippen LogP contribution in [0.3, 0.4) is 0 Å². The fourth-order valence-electron chi connectivity index (χ4n) is 1.24. The Hall–Kier alpha value is -1.00. The van der Waals surface area contributed by atoms with E-state index in [1.807, 2.05) is 30.3 Å². The van der Waals surface area contributed by atoms with Gasteiger partial charge in [0.25, 0.3) is 0 Å². The Bertz CT molecular complexity index is 313. The van der Waals surface area contributed by atoms with E-state index in [4.69, 9.17) is 9.47 Å². The van der Waals surface area contributed by atoms with E-state index in [-0.39, 0.29) is 12.1 Å². The van der Waals surface area contributed by atoms with Crippen molar-refractivity contribution in [3.05, 3.63) is 30.3 Å². The molecule has 0 fully saturated rings. The van der Waals surface area contributed by atoms with Crippen LogP contribution >= 0.6 is 11.8 Å². The second kappa shape index (κ2) is 7.30. The minimum Gasteiger partial charge on any atom is -0.459 e. The third-order valence-corrected chi connectivity index (χ3v) is 3.01. The highest BCUT2D eigenvalue weighted by molar-refractivity contribution is 7.99. The van der Waals surface area contributed by atoms with E-state index < -0.39 is 0 Å². The number of carbonyl (C=O) groups excluding carboxylic acids is 1. The summed E-state index contributed by atoms with van der Waals surface area (Å²) in [5, 5.41) is 0. The molecule has 0 aliphatic rings. The molecular weight excluding hydrogens is 224 g/mol. The van der Waals surface area contributed by atoms with Gasteiger partial charge in [0.05, 0.1) is 6.61 Å². The highest BCUT2D eigenvalue weighted by atomic mass is 32.2. The third-order valence-electron chi connectivity index (χ3n) is 1.86. The van der Waals surface area contributed by atoms with Crippen LogP contribution < -0.4 is 0 Å². The lowest BCUT2D eigenvalue weighted by Crippen LogP contribution is -2.24. The molecule has 4 heteroatoms. The van der Waals surface area contributed by atoms with Crippen molar-refractivity contribution in [3.63, 3.8) is 0 Å². The van der Waals surface area contributed by atoms with Crippen LogP contribution in [0, 0.1) is 0 Å². The fourth-order valence-corrected chi connectivity index (χ4v) is 2.13. The molecule has 0 saturated carbocycles. The topological polar surface area (TPSA) is 35.5 Å². The zero-order valence-corrected chi connectivity index (χ0v) is 10.3. The summed E-state index contributed by atoms with van der Waals surface area (Å²) in [4.78, 5) is 12.0. The van der Waals surface area contributed by atoms with Crippen LogP contribution in [-0.2, 0) is 14.3 Å². The summed E-state index contributed by atoms with van der Waals surface area (Å²) in [6.45, 7) is 1.84. The highest BCUT2D eigenvalue weighted by Gasteiger charge is 2.12. The van der Waals surface area contributed by atoms with Crippen LogP contribution in [0.15, 0.2) is 35.2 Å². The normalized spacial score (nSPS) is 12.1. The fraction of sp³-hybridized carbons (Fsp3) is 0.417. The number of esters is 1. The van der Waals surface area contributed by atoms with E-state index in [1.165, 1.54) is 6.92 Å². The van der Waals surface area contributed by atoms with Gasteiger partial charge in [-0.15, -0.1) is 11.8 Å². The first-order valence-corrected chi connectivity index (χ1v) is 6.05. The Balaban J connectivity index is 2.40. The van der Waals surface area contributed by atoms with Crippen molar-refractivity contribution >= 4 is 17.7 Å². The standard InChI is InChI=1S/C12H16O3S/c1-10(13)15-11(8-14-2)9-16-12-6-4-3-5-7-12/h3-7,11H,8-9H2,1-2H3. The Morgan fingerprint density at radius 1 is 1.38 bits per heavy atom. The first-order valence-electron chi connectivity index (χ1n) is 5.06. The van der Waals surface area contributed by atoms with Crippen molar-refractivity contribution in [2.75, 3.05) is 19.5 Å². The molecule has 1 unspecified atom stereocenters. The van der Waals surface area contributed by atoms with Gasteiger partial charge in [0.15, 0.2) is 0 Å². The third kappa shape index (κ3) is 5.19. The average molecular weight is 240 g/mol. The van der Waals surface area contributed by atoms with Crippen LogP contribution in [0.1, 0.15) is 6.92 Å². The van der Waals surface area contributed by atoms with Gasteiger partial charge in [-0.3, -0.25) is 4.79 Å². The van der Waals surface area contributed by atoms with E-state index >= 15 is 0 Å². The van der Waals surface area contributed by atoms with E-state index in [0.29, 0.717) is 12.4 Å². The maximum absolute atomic E-state index is 10.9. The van der Waals surface area contributed by atoms with Crippen LogP contribution in [0.25, 0.3) is 0 Å². The quantitative estimate of drug-likeness (QED) is 0.565. The van der Waals surface area contributed by atoms with Gasteiger partial charge in [-0.1, -0.05) is 18.2 Å². The van der Waals surface area contributed by atoms with Crippen molar-refractivity contribution in [1.29, 1.82) is 0 Å². The van der Waals surface area contributed by atoms with Crippen molar-refractivity contribution < 1.29 is 14.3 Å². The number of benzene rings is 1. The van der Waals surface area contributed by atoms with E-state index in [9.17, 15) is 4.79 Å². The predicted molar refractivity (Wildman–Crippen MR) is 64.6 cm³/mol. The lowest BCUT2D eigenvalue weighted by molar-refractivity contribution is -0.147. The van der Waals surface area contributed by atoms with Gasteiger partial charge in [0, 0.05) is 24.7 Å². The number of hydrogen-bond acceptors (Lipinski definition) is 4. The molecule has 3 nitrogen and oxygen atoms in total. The molecule has 1 rings (SSSR count). The van der Waals surface area contributed by atoms with Crippen LogP contribution in [0.4, 0.5) is 0 Å². The molecule has 0 aliphatic carbocycles. The Kier molecular flexibility index (Phi) is 5.96. The molecule has 0 heterocycles. The van der Waals surface area contributed by atoms with Crippen LogP contribution in [-0.4, -0.2) is 31.5 Å². The summed E-state index contributed by atoms with van der Waals surface area (Å²) in [6, 6.07) is 10.0. The Morgan fingerprint density at radius 2 is 2.06 bits per heavy atom. The van der Waals surface area contributed by atoms with Crippen LogP contribution in [0.2, 0.25) is 0 Å². The van der Waals surface area contributed by atoms with Gasteiger partial charge in [0.1, 0.15) is 6.10 Å². The zero-order chi connectivity index (χ0) is 11.8. The summed E-state index contributed by atoms with van der Waals surface area (Å²) in [6.07, 6.45) is -0.187. The van der Waals surface area contributed by atoms with Gasteiger partial charge in [-0.05, 0) is 12.1 Å². The molecule has 0 bridgehead atoms. The molecule has 16 heavy (non-hydrogen) atoms. The van der Waals surface area contributed by atoms with Crippen molar-refractivity contribution in [2.24, 2.45) is 0 Å². The van der Waals surface area contributed by atoms with Crippen molar-refractivity contribution in [1.82, 2.24) is 0 Å². The number of ether oxygens (including phenoxy) is 2. The van der Waals surface area contributed by atoms with E-state index in [0.717, 1.165) is 4.90 Å². The smallest absolute Gasteiger partial charge is 0.303 e. The van der Waals surface area contributed by atoms with Gasteiger partial charge in [0.2, 0.25) is 0 Å². The maximum Gasteiger partial charge on any atom is 0.303 e. The summed E-state index contributed by atoms with van der Waals surface area (Å²) < 4.78 is 10.1. The van der Waals surface area contributed by atoms with Gasteiger partial charge in [-0.25, -0.2) is 0 Å². The Labute approximate surface area is 100 Å². The van der Waals surface area contributed by atoms with Gasteiger partial charge < -0.3 is 9.47 Å². The molecule has 1 atom stereocenters. The van der Waals surface area contributed by atoms with Crippen molar-refractivity contribution in [2.45, 2.75) is 17.9 Å². The molecule has 1 aromatic carbocycles. The van der Waals surface area contributed by atoms with Gasteiger partial charge >= 0.3 is 5.97 Å². The van der Waals surface area contributed by atoms with E-state index in [1.54, 1.807) is 18.9 Å². The number of methoxy groups -OCH3 is 1. The molecule has 1 aromatic rings. The van der Waals surface area contributed by atoms with Crippen molar-refractivity contribution in [3.8, 4) is 0 Å². The lowest BCUT2D eigenvalue weighted by atomic mass is 10.4. The second-order valence-electron chi connectivity index (χ2n) is 3.31. The minimum absolute atomic E-state index is 0.187. The SMILES string of the molecule is COCC(CSc1ccccc1)OC(C)=O. The maximum atomic E-state index is 10.9. The molecule has 0 amide bonds. The van der Waals surface area contributed by atoms with Crippen LogP contribution in [0.5, 0.6) is 0 Å². The highest BCUT2D eigenvalue weighted by Crippen LogP contribution is 2.19. The number of hydrogen-bond donors (Lipinski definition) is 0. The molecule has 0 aromatic heterocycles. The molecular formula is C12H16O3S. The summed E-state index contributed by atoms with van der Waals surface area (Å²) in [7, 11) is 1.60. The largest absolute Gasteiger partial charge is 0.459 e. The molecule has 0 spiro atoms. The molecule has 0 saturated heterocycles. The minimum atomic E-state index is -0.268. The second-order valence-corrected chi connectivity index (χ2v) is 4.40. The predicted octanol–water partition coefficient (Wildman–Crippen LogP) is 2.36. The molecule has 0 radical (unpaired) electrons. The first-order chi connectivity index (χ1) is 7.72. The first kappa shape index (κ1) is 13.1.